The van der Waals surface area contributed by atoms with Gasteiger partial charge in [0.15, 0.2) is 11.6 Å². The summed E-state index contributed by atoms with van der Waals surface area (Å²) in [5, 5.41) is 5.83. The van der Waals surface area contributed by atoms with Crippen LogP contribution < -0.4 is 10.6 Å². The second-order valence-electron chi connectivity index (χ2n) is 8.85. The summed E-state index contributed by atoms with van der Waals surface area (Å²) < 4.78 is 65.4. The SMILES string of the molecule is CN(C1CCN(CP(=O)(O)O)CC1)S(=O)(=O)c1ccc(Nc2nccc(Nc3ccc(F)c(F)c3)n2)cc1. The first-order chi connectivity index (χ1) is 17.9. The molecule has 1 saturated heterocycles. The molecule has 0 bridgehead atoms. The Kier molecular flexibility index (Phi) is 8.40. The van der Waals surface area contributed by atoms with E-state index in [-0.39, 0.29) is 23.2 Å². The summed E-state index contributed by atoms with van der Waals surface area (Å²) >= 11 is 0. The minimum Gasteiger partial charge on any atom is -0.340 e. The van der Waals surface area contributed by atoms with E-state index >= 15 is 0 Å². The van der Waals surface area contributed by atoms with Crippen molar-refractivity contribution in [1.82, 2.24) is 19.2 Å². The number of hydrogen-bond acceptors (Lipinski definition) is 8. The third-order valence-electron chi connectivity index (χ3n) is 6.09. The predicted octanol–water partition coefficient (Wildman–Crippen LogP) is 3.46. The molecule has 1 aliphatic heterocycles. The Morgan fingerprint density at radius 3 is 2.32 bits per heavy atom. The van der Waals surface area contributed by atoms with Crippen LogP contribution in [-0.4, -0.2) is 69.8 Å². The van der Waals surface area contributed by atoms with Crippen molar-refractivity contribution >= 4 is 40.8 Å². The molecule has 0 saturated carbocycles. The lowest BCUT2D eigenvalue weighted by Gasteiger charge is -2.36. The average molecular weight is 569 g/mol. The monoisotopic (exact) mass is 568 g/mol. The zero-order chi connectivity index (χ0) is 27.5. The minimum absolute atomic E-state index is 0.0952. The number of likely N-dealkylation sites (tertiary alicyclic amines) is 1. The zero-order valence-electron chi connectivity index (χ0n) is 20.3. The van der Waals surface area contributed by atoms with Crippen LogP contribution in [0.15, 0.2) is 59.6 Å². The molecule has 4 N–H and O–H groups in total. The van der Waals surface area contributed by atoms with Gasteiger partial charge in [0.05, 0.1) is 4.90 Å². The maximum absolute atomic E-state index is 13.5. The summed E-state index contributed by atoms with van der Waals surface area (Å²) in [6, 6.07) is 10.7. The number of nitrogens with one attached hydrogen (secondary N) is 2. The molecule has 15 heteroatoms. The van der Waals surface area contributed by atoms with E-state index in [1.54, 1.807) is 23.1 Å². The van der Waals surface area contributed by atoms with Gasteiger partial charge in [0, 0.05) is 49.8 Å². The number of nitrogens with zero attached hydrogens (tertiary/aromatic N) is 4. The van der Waals surface area contributed by atoms with Crippen molar-refractivity contribution in [2.24, 2.45) is 0 Å². The lowest BCUT2D eigenvalue weighted by atomic mass is 10.1. The van der Waals surface area contributed by atoms with Gasteiger partial charge in [-0.05, 0) is 55.3 Å². The molecule has 3 aromatic rings. The summed E-state index contributed by atoms with van der Waals surface area (Å²) in [5.41, 5.74) is 0.835. The molecule has 1 aromatic heterocycles. The second kappa shape index (κ2) is 11.4. The van der Waals surface area contributed by atoms with Crippen LogP contribution in [0.2, 0.25) is 0 Å². The molecule has 0 unspecified atom stereocenters. The Bertz CT molecular complexity index is 1430. The Hall–Kier alpha value is -3.00. The first-order valence-electron chi connectivity index (χ1n) is 11.6. The van der Waals surface area contributed by atoms with Gasteiger partial charge in [-0.1, -0.05) is 0 Å². The molecule has 2 heterocycles. The van der Waals surface area contributed by atoms with Crippen LogP contribution in [0.5, 0.6) is 0 Å². The largest absolute Gasteiger partial charge is 0.340 e. The van der Waals surface area contributed by atoms with E-state index in [1.807, 2.05) is 0 Å². The second-order valence-corrected chi connectivity index (χ2v) is 12.5. The first kappa shape index (κ1) is 28.0. The number of halogens is 2. The average Bonchev–Trinajstić information content (AvgIpc) is 2.86. The highest BCUT2D eigenvalue weighted by Crippen LogP contribution is 2.36. The highest BCUT2D eigenvalue weighted by atomic mass is 32.2. The molecule has 1 aliphatic rings. The van der Waals surface area contributed by atoms with E-state index in [4.69, 9.17) is 9.79 Å². The molecule has 204 valence electrons. The Balaban J connectivity index is 1.38. The smallest absolute Gasteiger partial charge is 0.339 e. The van der Waals surface area contributed by atoms with Crippen LogP contribution >= 0.6 is 7.60 Å². The van der Waals surface area contributed by atoms with Gasteiger partial charge >= 0.3 is 7.60 Å². The summed E-state index contributed by atoms with van der Waals surface area (Å²) in [5.74, 6) is -1.41. The van der Waals surface area contributed by atoms with Crippen molar-refractivity contribution < 1.29 is 31.6 Å². The predicted molar refractivity (Wildman–Crippen MR) is 138 cm³/mol. The van der Waals surface area contributed by atoms with Crippen LogP contribution in [0.3, 0.4) is 0 Å². The fourth-order valence-corrected chi connectivity index (χ4v) is 6.32. The molecule has 1 fully saturated rings. The first-order valence-corrected chi connectivity index (χ1v) is 14.8. The number of benzene rings is 2. The molecule has 0 radical (unpaired) electrons. The van der Waals surface area contributed by atoms with Gasteiger partial charge in [0.25, 0.3) is 0 Å². The fourth-order valence-electron chi connectivity index (χ4n) is 4.10. The fraction of sp³-hybridized carbons (Fsp3) is 0.304. The zero-order valence-corrected chi connectivity index (χ0v) is 22.0. The van der Waals surface area contributed by atoms with Gasteiger partial charge in [-0.2, -0.15) is 9.29 Å². The van der Waals surface area contributed by atoms with Crippen LogP contribution in [0.1, 0.15) is 12.8 Å². The quantitative estimate of drug-likeness (QED) is 0.283. The number of sulfonamides is 1. The summed E-state index contributed by atoms with van der Waals surface area (Å²) in [6.45, 7) is 0.783. The molecule has 0 atom stereocenters. The summed E-state index contributed by atoms with van der Waals surface area (Å²) in [4.78, 5) is 28.4. The third-order valence-corrected chi connectivity index (χ3v) is 8.78. The standard InChI is InChI=1S/C23H27F2N6O5PS/c1-30(18-9-12-31(13-10-18)15-37(32,33)34)38(35,36)19-5-2-16(3-6-19)28-23-26-11-8-22(29-23)27-17-4-7-20(24)21(25)14-17/h2-8,11,14,18H,9-10,12-13,15H2,1H3,(H2,32,33,34)(H2,26,27,28,29). The van der Waals surface area contributed by atoms with Gasteiger partial charge < -0.3 is 20.4 Å². The minimum atomic E-state index is -4.16. The van der Waals surface area contributed by atoms with Crippen LogP contribution in [0.4, 0.5) is 31.9 Å². The molecule has 0 amide bonds. The van der Waals surface area contributed by atoms with Crippen molar-refractivity contribution in [1.29, 1.82) is 0 Å². The van der Waals surface area contributed by atoms with Crippen molar-refractivity contribution in [3.8, 4) is 0 Å². The lowest BCUT2D eigenvalue weighted by Crippen LogP contribution is -2.45. The van der Waals surface area contributed by atoms with Gasteiger partial charge in [-0.25, -0.2) is 22.2 Å². The molecule has 2 aromatic carbocycles. The van der Waals surface area contributed by atoms with E-state index in [1.165, 1.54) is 35.7 Å². The maximum atomic E-state index is 13.5. The van der Waals surface area contributed by atoms with Crippen molar-refractivity contribution in [2.75, 3.05) is 37.1 Å². The van der Waals surface area contributed by atoms with E-state index in [2.05, 4.69) is 20.6 Å². The van der Waals surface area contributed by atoms with Crippen molar-refractivity contribution in [2.45, 2.75) is 23.8 Å². The van der Waals surface area contributed by atoms with E-state index in [9.17, 15) is 21.8 Å². The van der Waals surface area contributed by atoms with Gasteiger partial charge in [0.2, 0.25) is 16.0 Å². The van der Waals surface area contributed by atoms with Crippen molar-refractivity contribution in [3.05, 3.63) is 66.4 Å². The summed E-state index contributed by atoms with van der Waals surface area (Å²) in [7, 11) is -6.45. The normalized spacial score (nSPS) is 15.5. The molecule has 11 nitrogen and oxygen atoms in total. The molecular formula is C23H27F2N6O5PS. The third kappa shape index (κ3) is 7.10. The maximum Gasteiger partial charge on any atom is 0.339 e. The lowest BCUT2D eigenvalue weighted by molar-refractivity contribution is 0.179. The number of rotatable bonds is 9. The van der Waals surface area contributed by atoms with E-state index < -0.39 is 29.3 Å². The van der Waals surface area contributed by atoms with Crippen molar-refractivity contribution in [3.63, 3.8) is 0 Å². The van der Waals surface area contributed by atoms with Crippen LogP contribution in [-0.2, 0) is 14.6 Å². The summed E-state index contributed by atoms with van der Waals surface area (Å²) in [6.07, 6.45) is 2.05. The molecule has 4 rings (SSSR count). The molecule has 0 spiro atoms. The van der Waals surface area contributed by atoms with Gasteiger partial charge in [-0.3, -0.25) is 9.46 Å². The Morgan fingerprint density at radius 2 is 1.68 bits per heavy atom. The Labute approximate surface area is 218 Å². The topological polar surface area (TPSA) is 148 Å². The Morgan fingerprint density at radius 1 is 1.03 bits per heavy atom. The van der Waals surface area contributed by atoms with Crippen LogP contribution in [0.25, 0.3) is 0 Å². The van der Waals surface area contributed by atoms with Gasteiger partial charge in [0.1, 0.15) is 12.1 Å². The number of aromatic nitrogens is 2. The molecular weight excluding hydrogens is 541 g/mol. The van der Waals surface area contributed by atoms with Crippen LogP contribution in [0, 0.1) is 11.6 Å². The highest BCUT2D eigenvalue weighted by Gasteiger charge is 2.32. The molecule has 0 aliphatic carbocycles. The molecule has 38 heavy (non-hydrogen) atoms. The van der Waals surface area contributed by atoms with E-state index in [0.29, 0.717) is 43.1 Å². The highest BCUT2D eigenvalue weighted by molar-refractivity contribution is 7.89. The number of hydrogen-bond donors (Lipinski definition) is 4. The van der Waals surface area contributed by atoms with E-state index in [0.717, 1.165) is 12.1 Å². The van der Waals surface area contributed by atoms with Gasteiger partial charge in [-0.15, -0.1) is 0 Å². The number of anilines is 4. The number of piperidine rings is 1.